The van der Waals surface area contributed by atoms with Crippen molar-refractivity contribution in [2.24, 2.45) is 5.92 Å². The molecule has 0 aromatic rings. The molecule has 346 valence electrons. The van der Waals surface area contributed by atoms with E-state index >= 15 is 0 Å². The Morgan fingerprint density at radius 1 is 0.617 bits per heavy atom. The summed E-state index contributed by atoms with van der Waals surface area (Å²) in [4.78, 5) is 35.0. The van der Waals surface area contributed by atoms with E-state index in [4.69, 9.17) is 19.1 Å². The van der Waals surface area contributed by atoms with Gasteiger partial charge in [0.1, 0.15) is 12.7 Å². The van der Waals surface area contributed by atoms with Crippen LogP contribution in [0, 0.1) is 5.92 Å². The van der Waals surface area contributed by atoms with E-state index in [1.807, 2.05) is 12.2 Å². The van der Waals surface area contributed by atoms with Crippen molar-refractivity contribution in [1.29, 1.82) is 0 Å². The molecule has 0 rings (SSSR count). The molecule has 0 aliphatic carbocycles. The number of unbranched alkanes of at least 4 members (excludes halogenated alkanes) is 13. The van der Waals surface area contributed by atoms with Gasteiger partial charge < -0.3 is 29.7 Å². The molecule has 0 amide bonds. The summed E-state index contributed by atoms with van der Waals surface area (Å²) in [6.45, 7) is 4.40. The van der Waals surface area contributed by atoms with Crippen molar-refractivity contribution >= 4 is 19.8 Å². The van der Waals surface area contributed by atoms with Crippen LogP contribution in [0.1, 0.15) is 168 Å². The zero-order valence-electron chi connectivity index (χ0n) is 37.4. The Bertz CT molecular complexity index is 1260. The average Bonchev–Trinajstić information content (AvgIpc) is 3.22. The fourth-order valence-corrected chi connectivity index (χ4v) is 6.67. The highest BCUT2D eigenvalue weighted by molar-refractivity contribution is 7.47. The summed E-state index contributed by atoms with van der Waals surface area (Å²) in [5.74, 6) is -0.296. The third-order valence-electron chi connectivity index (χ3n) is 9.40. The molecule has 0 aliphatic heterocycles. The number of hydrogen-bond acceptors (Lipinski definition) is 10. The Morgan fingerprint density at radius 2 is 1.15 bits per heavy atom. The third-order valence-corrected chi connectivity index (χ3v) is 10.3. The molecule has 0 aromatic heterocycles. The summed E-state index contributed by atoms with van der Waals surface area (Å²) in [5, 5.41) is 28.5. The first-order valence-corrected chi connectivity index (χ1v) is 24.4. The Labute approximate surface area is 363 Å². The molecule has 11 nitrogen and oxygen atoms in total. The minimum absolute atomic E-state index is 0.0330. The fourth-order valence-electron chi connectivity index (χ4n) is 5.88. The molecule has 4 atom stereocenters. The second kappa shape index (κ2) is 41.7. The smallest absolute Gasteiger partial charge is 0.462 e. The Hall–Kier alpha value is -2.63. The van der Waals surface area contributed by atoms with Gasteiger partial charge in [0.05, 0.1) is 25.9 Å². The fraction of sp³-hybridized carbons (Fsp3) is 0.708. The number of carbonyl (C=O) groups excluding carboxylic acids is 2. The van der Waals surface area contributed by atoms with Crippen LogP contribution in [0.25, 0.3) is 0 Å². The zero-order valence-corrected chi connectivity index (χ0v) is 38.3. The van der Waals surface area contributed by atoms with Crippen LogP contribution in [0.2, 0.25) is 0 Å². The van der Waals surface area contributed by atoms with Crippen LogP contribution in [-0.2, 0) is 32.7 Å². The standard InChI is InChI=1S/C48H83O11P/c1-4-5-6-7-8-9-10-13-17-20-23-26-30-35-44(50)36-31-28-33-37-47(52)56-41-46(42-58-60(54,55)57-40-45(51)39-49)59-48(53)38-32-27-24-21-18-15-12-11-14-16-19-22-25-29-34-43(2)3/h5-6,8-9,13,17,23,26,28,30-31,35,43-46,49-51H,4,7,10-12,14-16,18-22,24-25,27,29,32-34,36-42H2,1-3H3,(H,54,55)/b6-5-,9-8-,17-13-,26-23-,31-28-,35-30-/t44?,45-,46+/m0/s1. The highest BCUT2D eigenvalue weighted by atomic mass is 31.2. The molecular formula is C48H83O11P. The van der Waals surface area contributed by atoms with Gasteiger partial charge in [-0.2, -0.15) is 0 Å². The monoisotopic (exact) mass is 867 g/mol. The van der Waals surface area contributed by atoms with E-state index < -0.39 is 64.5 Å². The molecule has 0 aliphatic rings. The van der Waals surface area contributed by atoms with Crippen molar-refractivity contribution in [2.45, 2.75) is 187 Å². The molecular weight excluding hydrogens is 783 g/mol. The number of aliphatic hydroxyl groups excluding tert-OH is 3. The summed E-state index contributed by atoms with van der Waals surface area (Å²) >= 11 is 0. The van der Waals surface area contributed by atoms with Crippen LogP contribution in [0.4, 0.5) is 0 Å². The molecule has 0 saturated carbocycles. The number of phosphoric ester groups is 1. The maximum Gasteiger partial charge on any atom is 0.472 e. The van der Waals surface area contributed by atoms with Gasteiger partial charge in [-0.05, 0) is 50.9 Å². The van der Waals surface area contributed by atoms with Crippen molar-refractivity contribution in [2.75, 3.05) is 26.4 Å². The van der Waals surface area contributed by atoms with Gasteiger partial charge in [0.2, 0.25) is 0 Å². The SMILES string of the molecule is CC/C=C\C/C=C\C/C=C\C/C=C\C=C/C(O)C/C=C\CCC(=O)OC[C@H](COP(=O)(O)OC[C@@H](O)CO)OC(=O)CCCCCCCCCCCCCCCCC(C)C. The van der Waals surface area contributed by atoms with Crippen molar-refractivity contribution in [1.82, 2.24) is 0 Å². The quantitative estimate of drug-likeness (QED) is 0.0152. The molecule has 4 N–H and O–H groups in total. The van der Waals surface area contributed by atoms with Gasteiger partial charge >= 0.3 is 19.8 Å². The van der Waals surface area contributed by atoms with E-state index in [0.29, 0.717) is 19.3 Å². The Balaban J connectivity index is 4.47. The van der Waals surface area contributed by atoms with Gasteiger partial charge in [0.25, 0.3) is 0 Å². The van der Waals surface area contributed by atoms with Crippen LogP contribution >= 0.6 is 7.82 Å². The molecule has 0 saturated heterocycles. The number of hydrogen-bond donors (Lipinski definition) is 4. The van der Waals surface area contributed by atoms with Gasteiger partial charge in [0, 0.05) is 12.8 Å². The Kier molecular flexibility index (Phi) is 39.9. The number of rotatable bonds is 41. The minimum Gasteiger partial charge on any atom is -0.462 e. The van der Waals surface area contributed by atoms with Gasteiger partial charge in [-0.25, -0.2) is 4.57 Å². The normalized spacial score (nSPS) is 15.1. The molecule has 2 unspecified atom stereocenters. The van der Waals surface area contributed by atoms with Gasteiger partial charge in [0.15, 0.2) is 6.10 Å². The van der Waals surface area contributed by atoms with Gasteiger partial charge in [-0.15, -0.1) is 0 Å². The number of aliphatic hydroxyl groups is 3. The van der Waals surface area contributed by atoms with Crippen molar-refractivity contribution in [3.05, 3.63) is 72.9 Å². The molecule has 0 heterocycles. The molecule has 0 aromatic carbocycles. The second-order valence-electron chi connectivity index (χ2n) is 15.7. The molecule has 0 fully saturated rings. The first kappa shape index (κ1) is 57.4. The van der Waals surface area contributed by atoms with Crippen LogP contribution < -0.4 is 0 Å². The third kappa shape index (κ3) is 42.1. The zero-order chi connectivity index (χ0) is 44.4. The summed E-state index contributed by atoms with van der Waals surface area (Å²) < 4.78 is 32.6. The molecule has 0 spiro atoms. The maximum atomic E-state index is 12.6. The van der Waals surface area contributed by atoms with Crippen molar-refractivity contribution < 1.29 is 52.9 Å². The lowest BCUT2D eigenvalue weighted by atomic mass is 10.0. The van der Waals surface area contributed by atoms with E-state index in [2.05, 4.69) is 61.8 Å². The Morgan fingerprint density at radius 3 is 1.72 bits per heavy atom. The lowest BCUT2D eigenvalue weighted by Gasteiger charge is -2.20. The molecule has 12 heteroatoms. The van der Waals surface area contributed by atoms with Crippen LogP contribution in [0.5, 0.6) is 0 Å². The van der Waals surface area contributed by atoms with E-state index in [-0.39, 0.29) is 12.8 Å². The highest BCUT2D eigenvalue weighted by Crippen LogP contribution is 2.43. The summed E-state index contributed by atoms with van der Waals surface area (Å²) in [5.41, 5.74) is 0. The molecule has 0 bridgehead atoms. The minimum atomic E-state index is -4.66. The van der Waals surface area contributed by atoms with Gasteiger partial charge in [-0.1, -0.05) is 184 Å². The van der Waals surface area contributed by atoms with Crippen LogP contribution in [0.3, 0.4) is 0 Å². The summed E-state index contributed by atoms with van der Waals surface area (Å²) in [7, 11) is -4.66. The number of ether oxygens (including phenoxy) is 2. The van der Waals surface area contributed by atoms with Crippen molar-refractivity contribution in [3.63, 3.8) is 0 Å². The first-order valence-electron chi connectivity index (χ1n) is 22.9. The lowest BCUT2D eigenvalue weighted by molar-refractivity contribution is -0.161. The van der Waals surface area contributed by atoms with E-state index in [1.54, 1.807) is 24.3 Å². The topological polar surface area (TPSA) is 169 Å². The summed E-state index contributed by atoms with van der Waals surface area (Å²) in [6.07, 6.45) is 43.3. The highest BCUT2D eigenvalue weighted by Gasteiger charge is 2.27. The molecule has 0 radical (unpaired) electrons. The van der Waals surface area contributed by atoms with E-state index in [1.165, 1.54) is 70.6 Å². The number of carbonyl (C=O) groups is 2. The first-order chi connectivity index (χ1) is 29.0. The number of phosphoric acid groups is 1. The second-order valence-corrected chi connectivity index (χ2v) is 17.2. The van der Waals surface area contributed by atoms with Gasteiger partial charge in [-0.3, -0.25) is 18.6 Å². The van der Waals surface area contributed by atoms with Crippen LogP contribution in [0.15, 0.2) is 72.9 Å². The lowest BCUT2D eigenvalue weighted by Crippen LogP contribution is -2.29. The number of allylic oxidation sites excluding steroid dienone is 10. The van der Waals surface area contributed by atoms with Crippen molar-refractivity contribution in [3.8, 4) is 0 Å². The predicted molar refractivity (Wildman–Crippen MR) is 243 cm³/mol. The van der Waals surface area contributed by atoms with Crippen LogP contribution in [-0.4, -0.2) is 76.9 Å². The molecule has 60 heavy (non-hydrogen) atoms. The summed E-state index contributed by atoms with van der Waals surface area (Å²) in [6, 6.07) is 0. The van der Waals surface area contributed by atoms with E-state index in [9.17, 15) is 29.3 Å². The number of esters is 2. The average molecular weight is 867 g/mol. The largest absolute Gasteiger partial charge is 0.472 e. The van der Waals surface area contributed by atoms with E-state index in [0.717, 1.165) is 50.9 Å². The predicted octanol–water partition coefficient (Wildman–Crippen LogP) is 11.3. The maximum absolute atomic E-state index is 12.6.